The van der Waals surface area contributed by atoms with Gasteiger partial charge in [-0.3, -0.25) is 9.78 Å². The second kappa shape index (κ2) is 11.3. The first-order valence-corrected chi connectivity index (χ1v) is 13.6. The maximum atomic E-state index is 12.3. The molecular weight excluding hydrogens is 456 g/mol. The van der Waals surface area contributed by atoms with Gasteiger partial charge in [-0.25, -0.2) is 0 Å². The van der Waals surface area contributed by atoms with Crippen molar-refractivity contribution in [1.82, 2.24) is 9.88 Å². The second-order valence-electron chi connectivity index (χ2n) is 9.53. The minimum Gasteiger partial charge on any atom is -0.497 e. The molecule has 5 nitrogen and oxygen atoms in total. The first-order chi connectivity index (χ1) is 16.0. The van der Waals surface area contributed by atoms with Crippen molar-refractivity contribution in [3.63, 3.8) is 0 Å². The summed E-state index contributed by atoms with van der Waals surface area (Å²) in [5.41, 5.74) is 1.29. The number of carbonyl (C=O) groups is 1. The number of aliphatic carboxylic acids is 1. The normalized spacial score (nSPS) is 19.2. The molecule has 7 heteroatoms. The van der Waals surface area contributed by atoms with Gasteiger partial charge in [0.15, 0.2) is 0 Å². The Morgan fingerprint density at radius 1 is 1.30 bits per heavy atom. The first-order valence-electron chi connectivity index (χ1n) is 12.2. The molecule has 2 aliphatic rings. The van der Waals surface area contributed by atoms with Crippen molar-refractivity contribution >= 4 is 40.2 Å². The van der Waals surface area contributed by atoms with Crippen LogP contribution in [0.2, 0.25) is 5.02 Å². The van der Waals surface area contributed by atoms with E-state index in [2.05, 4.69) is 21.6 Å². The number of nitrogens with zero attached hydrogens (tertiary/aromatic N) is 2. The van der Waals surface area contributed by atoms with Gasteiger partial charge < -0.3 is 14.7 Å². The smallest absolute Gasteiger partial charge is 0.309 e. The highest BCUT2D eigenvalue weighted by Gasteiger charge is 2.40. The molecule has 2 fully saturated rings. The maximum Gasteiger partial charge on any atom is 0.309 e. The Bertz CT molecular complexity index is 956. The number of thioether (sulfide) groups is 1. The van der Waals surface area contributed by atoms with E-state index >= 15 is 0 Å². The van der Waals surface area contributed by atoms with Crippen molar-refractivity contribution in [1.29, 1.82) is 0 Å². The van der Waals surface area contributed by atoms with Gasteiger partial charge in [0, 0.05) is 29.1 Å². The number of likely N-dealkylation sites (tertiary alicyclic amines) is 1. The van der Waals surface area contributed by atoms with Gasteiger partial charge >= 0.3 is 5.97 Å². The zero-order chi connectivity index (χ0) is 23.3. The lowest BCUT2D eigenvalue weighted by molar-refractivity contribution is -0.152. The number of halogens is 1. The van der Waals surface area contributed by atoms with E-state index in [0.717, 1.165) is 72.8 Å². The lowest BCUT2D eigenvalue weighted by Crippen LogP contribution is -2.45. The topological polar surface area (TPSA) is 62.7 Å². The Balaban J connectivity index is 1.33. The third-order valence-corrected chi connectivity index (χ3v) is 9.23. The van der Waals surface area contributed by atoms with E-state index in [4.69, 9.17) is 16.3 Å². The molecule has 0 atom stereocenters. The average Bonchev–Trinajstić information content (AvgIpc) is 3.34. The number of pyridine rings is 1. The highest BCUT2D eigenvalue weighted by atomic mass is 35.5. The van der Waals surface area contributed by atoms with Crippen LogP contribution in [0, 0.1) is 5.41 Å². The predicted octanol–water partition coefficient (Wildman–Crippen LogP) is 6.06. The van der Waals surface area contributed by atoms with Crippen molar-refractivity contribution in [3.05, 3.63) is 35.0 Å². The molecule has 0 radical (unpaired) electrons. The maximum absolute atomic E-state index is 12.3. The van der Waals surface area contributed by atoms with Crippen LogP contribution in [0.15, 0.2) is 24.4 Å². The molecular formula is C26H35ClN2O3S. The molecule has 180 valence electrons. The summed E-state index contributed by atoms with van der Waals surface area (Å²) < 4.78 is 5.38. The largest absolute Gasteiger partial charge is 0.497 e. The van der Waals surface area contributed by atoms with Gasteiger partial charge in [-0.05, 0) is 81.8 Å². The molecule has 0 bridgehead atoms. The minimum absolute atomic E-state index is 0.623. The fourth-order valence-electron chi connectivity index (χ4n) is 5.37. The average molecular weight is 491 g/mol. The van der Waals surface area contributed by atoms with Gasteiger partial charge in [-0.15, -0.1) is 0 Å². The standard InChI is InChI=1S/C26H35ClN2O3S/c1-32-19-8-9-24-22(17-19)21(23(27)18-28-24)7-4-10-26(25(30)31)11-13-29(14-12-26)15-16-33-20-5-2-3-6-20/h8-9,17-18,20H,2-7,10-16H2,1H3,(H,30,31). The van der Waals surface area contributed by atoms with Gasteiger partial charge in [0.25, 0.3) is 0 Å². The van der Waals surface area contributed by atoms with Crippen LogP contribution in [0.4, 0.5) is 0 Å². The van der Waals surface area contributed by atoms with E-state index in [9.17, 15) is 9.90 Å². The summed E-state index contributed by atoms with van der Waals surface area (Å²) in [6, 6.07) is 5.80. The number of methoxy groups -OCH3 is 1. The number of carboxylic acid groups (broad SMARTS) is 1. The third-order valence-electron chi connectivity index (χ3n) is 7.55. The Morgan fingerprint density at radius 3 is 2.76 bits per heavy atom. The molecule has 2 heterocycles. The van der Waals surface area contributed by atoms with Crippen LogP contribution in [0.25, 0.3) is 10.9 Å². The van der Waals surface area contributed by atoms with Crippen LogP contribution in [0.5, 0.6) is 5.75 Å². The number of fused-ring (bicyclic) bond motifs is 1. The van der Waals surface area contributed by atoms with E-state index in [0.29, 0.717) is 11.4 Å². The van der Waals surface area contributed by atoms with Crippen LogP contribution in [-0.4, -0.2) is 58.7 Å². The Hall–Kier alpha value is -1.50. The summed E-state index contributed by atoms with van der Waals surface area (Å²) in [7, 11) is 1.65. The van der Waals surface area contributed by atoms with E-state index < -0.39 is 11.4 Å². The molecule has 1 aliphatic carbocycles. The summed E-state index contributed by atoms with van der Waals surface area (Å²) in [5.74, 6) is 1.30. The SMILES string of the molecule is COc1ccc2ncc(Cl)c(CCCC3(C(=O)O)CCN(CCSC4CCCC4)CC3)c2c1. The van der Waals surface area contributed by atoms with Gasteiger partial charge in [0.2, 0.25) is 0 Å². The Labute approximate surface area is 206 Å². The lowest BCUT2D eigenvalue weighted by Gasteiger charge is -2.39. The zero-order valence-corrected chi connectivity index (χ0v) is 21.1. The molecule has 0 spiro atoms. The third kappa shape index (κ3) is 5.95. The van der Waals surface area contributed by atoms with Crippen molar-refractivity contribution in [2.75, 3.05) is 32.5 Å². The molecule has 0 amide bonds. The number of ether oxygens (including phenoxy) is 1. The Morgan fingerprint density at radius 2 is 2.06 bits per heavy atom. The van der Waals surface area contributed by atoms with Crippen molar-refractivity contribution < 1.29 is 14.6 Å². The summed E-state index contributed by atoms with van der Waals surface area (Å²) >= 11 is 8.62. The van der Waals surface area contributed by atoms with Crippen LogP contribution in [-0.2, 0) is 11.2 Å². The number of aromatic nitrogens is 1. The fraction of sp³-hybridized carbons (Fsp3) is 0.615. The van der Waals surface area contributed by atoms with Gasteiger partial charge in [-0.1, -0.05) is 24.4 Å². The molecule has 33 heavy (non-hydrogen) atoms. The number of rotatable bonds is 10. The molecule has 1 N–H and O–H groups in total. The van der Waals surface area contributed by atoms with E-state index in [-0.39, 0.29) is 0 Å². The molecule has 1 saturated heterocycles. The van der Waals surface area contributed by atoms with Gasteiger partial charge in [0.05, 0.1) is 23.1 Å². The zero-order valence-electron chi connectivity index (χ0n) is 19.5. The molecule has 1 aromatic heterocycles. The molecule has 1 aromatic carbocycles. The highest BCUT2D eigenvalue weighted by molar-refractivity contribution is 7.99. The summed E-state index contributed by atoms with van der Waals surface area (Å²) in [4.78, 5) is 19.2. The highest BCUT2D eigenvalue weighted by Crippen LogP contribution is 2.38. The minimum atomic E-state index is -0.644. The van der Waals surface area contributed by atoms with Crippen LogP contribution >= 0.6 is 23.4 Å². The van der Waals surface area contributed by atoms with Crippen molar-refractivity contribution in [3.8, 4) is 5.75 Å². The van der Waals surface area contributed by atoms with Crippen LogP contribution in [0.1, 0.15) is 56.9 Å². The fourth-order valence-corrected chi connectivity index (χ4v) is 6.97. The van der Waals surface area contributed by atoms with E-state index in [1.54, 1.807) is 13.3 Å². The molecule has 1 saturated carbocycles. The molecule has 2 aromatic rings. The monoisotopic (exact) mass is 490 g/mol. The van der Waals surface area contributed by atoms with Crippen LogP contribution in [0.3, 0.4) is 0 Å². The number of hydrogen-bond donors (Lipinski definition) is 1. The summed E-state index contributed by atoms with van der Waals surface area (Å²) in [6.45, 7) is 2.85. The number of piperidine rings is 1. The Kier molecular flexibility index (Phi) is 8.42. The quantitative estimate of drug-likeness (QED) is 0.436. The predicted molar refractivity (Wildman–Crippen MR) is 137 cm³/mol. The number of aryl methyl sites for hydroxylation is 1. The van der Waals surface area contributed by atoms with Crippen molar-refractivity contribution in [2.45, 2.75) is 63.0 Å². The number of carboxylic acids is 1. The van der Waals surface area contributed by atoms with E-state index in [1.165, 1.54) is 31.4 Å². The van der Waals surface area contributed by atoms with E-state index in [1.807, 2.05) is 18.2 Å². The summed E-state index contributed by atoms with van der Waals surface area (Å²) in [6.07, 6.45) is 10.9. The van der Waals surface area contributed by atoms with Gasteiger partial charge in [0.1, 0.15) is 5.75 Å². The second-order valence-corrected chi connectivity index (χ2v) is 11.3. The summed E-state index contributed by atoms with van der Waals surface area (Å²) in [5, 5.41) is 12.6. The van der Waals surface area contributed by atoms with Gasteiger partial charge in [-0.2, -0.15) is 11.8 Å². The lowest BCUT2D eigenvalue weighted by atomic mass is 9.74. The number of benzene rings is 1. The first kappa shape index (κ1) is 24.6. The number of hydrogen-bond acceptors (Lipinski definition) is 5. The molecule has 4 rings (SSSR count). The molecule has 0 unspecified atom stereocenters. The van der Waals surface area contributed by atoms with Crippen LogP contribution < -0.4 is 4.74 Å². The molecule has 1 aliphatic heterocycles. The van der Waals surface area contributed by atoms with Crippen molar-refractivity contribution in [2.24, 2.45) is 5.41 Å².